The summed E-state index contributed by atoms with van der Waals surface area (Å²) in [6, 6.07) is 5.89. The Morgan fingerprint density at radius 3 is 2.59 bits per heavy atom. The van der Waals surface area contributed by atoms with Crippen molar-refractivity contribution in [2.45, 2.75) is 22.4 Å². The first-order valence-electron chi connectivity index (χ1n) is 9.63. The number of fused-ring (bicyclic) bond motifs is 5. The van der Waals surface area contributed by atoms with Gasteiger partial charge in [-0.25, -0.2) is 17.8 Å². The van der Waals surface area contributed by atoms with E-state index in [9.17, 15) is 18.9 Å². The molecule has 0 saturated carbocycles. The molecule has 3 aromatic rings. The molecule has 12 heteroatoms. The van der Waals surface area contributed by atoms with Crippen molar-refractivity contribution in [3.8, 4) is 5.69 Å². The first-order chi connectivity index (χ1) is 15.3. The molecule has 0 amide bonds. The number of nitrogens with one attached hydrogen (secondary N) is 1. The molecule has 1 aromatic heterocycles. The largest absolute Gasteiger partial charge is 0.477 e. The van der Waals surface area contributed by atoms with Crippen LogP contribution in [0.25, 0.3) is 16.6 Å². The minimum Gasteiger partial charge on any atom is -0.477 e. The van der Waals surface area contributed by atoms with Gasteiger partial charge in [-0.1, -0.05) is 12.1 Å². The van der Waals surface area contributed by atoms with Crippen molar-refractivity contribution in [1.29, 1.82) is 0 Å². The third-order valence-electron chi connectivity index (χ3n) is 5.81. The second-order valence-electron chi connectivity index (χ2n) is 7.60. The second kappa shape index (κ2) is 7.08. The van der Waals surface area contributed by atoms with Crippen LogP contribution >= 0.6 is 0 Å². The number of nitrogens with two attached hydrogens (primary N) is 2. The number of halogens is 2. The van der Waals surface area contributed by atoms with Crippen LogP contribution in [0.1, 0.15) is 16.8 Å². The average molecular weight is 461 g/mol. The number of anilines is 2. The summed E-state index contributed by atoms with van der Waals surface area (Å²) in [6.45, 7) is 0.452. The van der Waals surface area contributed by atoms with Crippen LogP contribution in [0.5, 0.6) is 0 Å². The van der Waals surface area contributed by atoms with Crippen LogP contribution in [0.4, 0.5) is 20.2 Å². The minimum absolute atomic E-state index is 0.177. The number of hydrazine groups is 1. The maximum atomic E-state index is 16.0. The van der Waals surface area contributed by atoms with E-state index in [1.165, 1.54) is 17.0 Å². The number of pyridine rings is 1. The van der Waals surface area contributed by atoms with E-state index >= 15 is 8.78 Å². The van der Waals surface area contributed by atoms with Gasteiger partial charge < -0.3 is 21.2 Å². The van der Waals surface area contributed by atoms with E-state index in [0.717, 1.165) is 4.57 Å². The Balaban J connectivity index is 2.03. The Labute approximate surface area is 181 Å². The maximum absolute atomic E-state index is 16.0. The van der Waals surface area contributed by atoms with Gasteiger partial charge in [-0.2, -0.15) is 0 Å². The molecule has 5 rings (SSSR count). The van der Waals surface area contributed by atoms with Crippen LogP contribution in [0.2, 0.25) is 0 Å². The van der Waals surface area contributed by atoms with Crippen molar-refractivity contribution >= 4 is 39.0 Å². The summed E-state index contributed by atoms with van der Waals surface area (Å²) in [6.07, 6.45) is 0.505. The molecule has 2 aliphatic rings. The first kappa shape index (κ1) is 20.5. The van der Waals surface area contributed by atoms with Gasteiger partial charge in [0.1, 0.15) is 32.8 Å². The van der Waals surface area contributed by atoms with E-state index < -0.39 is 61.7 Å². The third-order valence-corrected chi connectivity index (χ3v) is 7.29. The van der Waals surface area contributed by atoms with Crippen LogP contribution in [0.15, 0.2) is 39.0 Å². The molecule has 0 spiro atoms. The van der Waals surface area contributed by atoms with Crippen LogP contribution < -0.4 is 27.3 Å². The van der Waals surface area contributed by atoms with Crippen molar-refractivity contribution < 1.29 is 22.9 Å². The summed E-state index contributed by atoms with van der Waals surface area (Å²) in [5, 5.41) is 8.78. The molecule has 1 fully saturated rings. The Morgan fingerprint density at radius 1 is 1.25 bits per heavy atom. The van der Waals surface area contributed by atoms with Crippen molar-refractivity contribution in [3.63, 3.8) is 0 Å². The normalized spacial score (nSPS) is 19.3. The summed E-state index contributed by atoms with van der Waals surface area (Å²) in [5.41, 5.74) is 4.82. The summed E-state index contributed by atoms with van der Waals surface area (Å²) >= 11 is 0. The number of rotatable bonds is 3. The topological polar surface area (TPSA) is 144 Å². The first-order valence-corrected chi connectivity index (χ1v) is 10.8. The summed E-state index contributed by atoms with van der Waals surface area (Å²) in [4.78, 5) is 26.8. The zero-order valence-electron chi connectivity index (χ0n) is 16.4. The van der Waals surface area contributed by atoms with Gasteiger partial charge >= 0.3 is 5.97 Å². The maximum Gasteiger partial charge on any atom is 0.342 e. The fourth-order valence-corrected chi connectivity index (χ4v) is 5.91. The monoisotopic (exact) mass is 461 g/mol. The molecule has 1 saturated heterocycles. The highest BCUT2D eigenvalue weighted by Crippen LogP contribution is 2.43. The minimum atomic E-state index is -2.07. The predicted octanol–water partition coefficient (Wildman–Crippen LogP) is 1.27. The molecular formula is C20H17F2N5O4S. The fraction of sp³-hybridized carbons (Fsp3) is 0.200. The van der Waals surface area contributed by atoms with Crippen LogP contribution in [-0.4, -0.2) is 39.0 Å². The summed E-state index contributed by atoms with van der Waals surface area (Å²) in [5.74, 6) is 1.63. The molecule has 2 aliphatic heterocycles. The molecule has 32 heavy (non-hydrogen) atoms. The number of hydrogen-bond donors (Lipinski definition) is 4. The molecule has 0 bridgehead atoms. The lowest BCUT2D eigenvalue weighted by molar-refractivity contribution is 0.0690. The van der Waals surface area contributed by atoms with Crippen LogP contribution in [0, 0.1) is 11.6 Å². The van der Waals surface area contributed by atoms with E-state index in [2.05, 4.69) is 5.43 Å². The van der Waals surface area contributed by atoms with E-state index in [1.54, 1.807) is 12.1 Å². The molecule has 9 nitrogen and oxygen atoms in total. The number of carboxylic acid groups (broad SMARTS) is 1. The number of benzene rings is 2. The lowest BCUT2D eigenvalue weighted by Gasteiger charge is -2.24. The van der Waals surface area contributed by atoms with Crippen molar-refractivity contribution in [1.82, 2.24) is 4.57 Å². The third kappa shape index (κ3) is 2.57. The molecule has 0 radical (unpaired) electrons. The summed E-state index contributed by atoms with van der Waals surface area (Å²) in [7, 11) is -2.07. The Kier molecular flexibility index (Phi) is 4.55. The fourth-order valence-electron chi connectivity index (χ4n) is 4.43. The number of carboxylic acids is 1. The average Bonchev–Trinajstić information content (AvgIpc) is 3.30. The van der Waals surface area contributed by atoms with Gasteiger partial charge in [0.15, 0.2) is 11.6 Å². The van der Waals surface area contributed by atoms with E-state index in [0.29, 0.717) is 6.42 Å². The lowest BCUT2D eigenvalue weighted by atomic mass is 10.1. The molecule has 2 atom stereocenters. The highest BCUT2D eigenvalue weighted by atomic mass is 32.2. The van der Waals surface area contributed by atoms with Gasteiger partial charge in [0.2, 0.25) is 5.43 Å². The molecular weight excluding hydrogens is 444 g/mol. The number of para-hydroxylation sites is 1. The molecule has 166 valence electrons. The Hall–Kier alpha value is -3.35. The standard InChI is InChI=1S/C20H17F2N5O4S/c21-13-15(25-24)11-16(14(22)17(13)26-6-5-8(23)7-26)27-9-3-1-2-4-10(9)32(31)19(27)12(18(11)28)20(29)30/h1-4,8,25H,5-7,23-24H2,(H,29,30). The quantitative estimate of drug-likeness (QED) is 0.264. The highest BCUT2D eigenvalue weighted by Gasteiger charge is 2.38. The zero-order valence-corrected chi connectivity index (χ0v) is 17.2. The number of nitrogens with zero attached hydrogens (tertiary/aromatic N) is 2. The lowest BCUT2D eigenvalue weighted by Crippen LogP contribution is -2.30. The number of aromatic nitrogens is 1. The van der Waals surface area contributed by atoms with E-state index in [1.807, 2.05) is 0 Å². The summed E-state index contributed by atoms with van der Waals surface area (Å²) < 4.78 is 45.7. The smallest absolute Gasteiger partial charge is 0.342 e. The molecule has 6 N–H and O–H groups in total. The van der Waals surface area contributed by atoms with Crippen molar-refractivity contribution in [3.05, 3.63) is 51.7 Å². The number of nitrogen functional groups attached to an aromatic ring is 1. The van der Waals surface area contributed by atoms with Gasteiger partial charge in [-0.15, -0.1) is 0 Å². The van der Waals surface area contributed by atoms with Crippen LogP contribution in [-0.2, 0) is 10.8 Å². The predicted molar refractivity (Wildman–Crippen MR) is 114 cm³/mol. The number of aromatic carboxylic acids is 1. The van der Waals surface area contributed by atoms with E-state index in [-0.39, 0.29) is 34.7 Å². The highest BCUT2D eigenvalue weighted by molar-refractivity contribution is 7.85. The SMILES string of the molecule is NNc1c(F)c(N2CCC(N)C2)c(F)c2c1c(=O)c(C(=O)O)c1n2-c2ccccc2S1=O. The van der Waals surface area contributed by atoms with E-state index in [4.69, 9.17) is 11.6 Å². The van der Waals surface area contributed by atoms with Crippen LogP contribution in [0.3, 0.4) is 0 Å². The molecule has 2 aromatic carbocycles. The van der Waals surface area contributed by atoms with Crippen molar-refractivity contribution in [2.75, 3.05) is 23.4 Å². The second-order valence-corrected chi connectivity index (χ2v) is 8.96. The molecule has 2 unspecified atom stereocenters. The Bertz CT molecular complexity index is 1420. The van der Waals surface area contributed by atoms with Gasteiger partial charge in [0.05, 0.1) is 21.5 Å². The molecule has 3 heterocycles. The number of carbonyl (C=O) groups is 1. The van der Waals surface area contributed by atoms with Gasteiger partial charge in [0.25, 0.3) is 0 Å². The number of hydrogen-bond acceptors (Lipinski definition) is 7. The van der Waals surface area contributed by atoms with Gasteiger partial charge in [0, 0.05) is 19.1 Å². The van der Waals surface area contributed by atoms with Crippen molar-refractivity contribution in [2.24, 2.45) is 11.6 Å². The zero-order chi connectivity index (χ0) is 22.9. The molecule has 0 aliphatic carbocycles. The van der Waals surface area contributed by atoms with Gasteiger partial charge in [-0.05, 0) is 18.6 Å². The van der Waals surface area contributed by atoms with Gasteiger partial charge in [-0.3, -0.25) is 15.2 Å². The Morgan fingerprint density at radius 2 is 1.97 bits per heavy atom.